The van der Waals surface area contributed by atoms with E-state index in [0.29, 0.717) is 12.0 Å². The van der Waals surface area contributed by atoms with Crippen molar-refractivity contribution in [3.63, 3.8) is 0 Å². The van der Waals surface area contributed by atoms with Gasteiger partial charge in [-0.25, -0.2) is 0 Å². The molecule has 2 fully saturated rings. The molecule has 4 aliphatic carbocycles. The second kappa shape index (κ2) is 6.49. The second-order valence-electron chi connectivity index (χ2n) is 10.5. The number of aliphatic hydroxyl groups excluding tert-OH is 1. The van der Waals surface area contributed by atoms with Crippen molar-refractivity contribution in [1.82, 2.24) is 0 Å². The number of aliphatic hydroxyl groups is 1. The first-order valence-corrected chi connectivity index (χ1v) is 10.9. The van der Waals surface area contributed by atoms with E-state index in [1.54, 1.807) is 12.2 Å². The Morgan fingerprint density at radius 2 is 1.93 bits per heavy atom. The molecule has 0 radical (unpaired) electrons. The molecule has 0 spiro atoms. The number of hydrogen-bond acceptors (Lipinski definition) is 5. The molecule has 0 bridgehead atoms. The van der Waals surface area contributed by atoms with Gasteiger partial charge in [0.15, 0.2) is 18.2 Å². The largest absolute Gasteiger partial charge is 0.457 e. The van der Waals surface area contributed by atoms with Gasteiger partial charge in [0.1, 0.15) is 0 Å². The molecule has 0 aromatic rings. The summed E-state index contributed by atoms with van der Waals surface area (Å²) in [5.74, 6) is -0.442. The normalized spacial score (nSPS) is 44.4. The van der Waals surface area contributed by atoms with Gasteiger partial charge in [0, 0.05) is 28.7 Å². The van der Waals surface area contributed by atoms with Gasteiger partial charge in [-0.3, -0.25) is 14.4 Å². The van der Waals surface area contributed by atoms with Crippen molar-refractivity contribution >= 4 is 17.5 Å². The van der Waals surface area contributed by atoms with Gasteiger partial charge < -0.3 is 9.84 Å². The first-order valence-electron chi connectivity index (χ1n) is 10.9. The van der Waals surface area contributed by atoms with Crippen LogP contribution in [0.4, 0.5) is 0 Å². The molecule has 6 unspecified atom stereocenters. The maximum Gasteiger partial charge on any atom is 0.303 e. The smallest absolute Gasteiger partial charge is 0.303 e. The van der Waals surface area contributed by atoms with Crippen LogP contribution in [-0.4, -0.2) is 35.4 Å². The molecule has 0 aromatic heterocycles. The minimum Gasteiger partial charge on any atom is -0.457 e. The summed E-state index contributed by atoms with van der Waals surface area (Å²) >= 11 is 0. The van der Waals surface area contributed by atoms with Crippen molar-refractivity contribution < 1.29 is 24.2 Å². The molecule has 162 valence electrons. The third-order valence-electron chi connectivity index (χ3n) is 9.46. The first kappa shape index (κ1) is 21.2. The van der Waals surface area contributed by atoms with Gasteiger partial charge >= 0.3 is 5.97 Å². The SMILES string of the molecule is CC(=O)OCC(=O)C1=CCC2(C)C3CCC4=CC(=O)C=CC4(C)C3(C)C(O)CC12C. The lowest BCUT2D eigenvalue weighted by Gasteiger charge is -2.68. The van der Waals surface area contributed by atoms with Crippen LogP contribution in [0.3, 0.4) is 0 Å². The van der Waals surface area contributed by atoms with E-state index in [0.717, 1.165) is 24.8 Å². The molecule has 0 aromatic carbocycles. The molecule has 0 heterocycles. The van der Waals surface area contributed by atoms with E-state index in [1.807, 2.05) is 12.2 Å². The van der Waals surface area contributed by atoms with Gasteiger partial charge in [0.2, 0.25) is 0 Å². The lowest BCUT2D eigenvalue weighted by Crippen LogP contribution is -2.66. The number of carbonyl (C=O) groups excluding carboxylic acids is 3. The van der Waals surface area contributed by atoms with E-state index in [2.05, 4.69) is 27.7 Å². The zero-order chi connectivity index (χ0) is 22.1. The van der Waals surface area contributed by atoms with Crippen molar-refractivity contribution in [1.29, 1.82) is 0 Å². The van der Waals surface area contributed by atoms with Crippen LogP contribution in [0.25, 0.3) is 0 Å². The standard InChI is InChI=1S/C25H32O5/c1-15(26)30-14-19(28)18-9-11-23(3)20-7-6-16-12-17(27)8-10-22(16,2)25(20,5)21(29)13-24(18,23)4/h8-10,12,20-21,29H,6-7,11,13-14H2,1-5H3. The van der Waals surface area contributed by atoms with Gasteiger partial charge in [-0.1, -0.05) is 45.4 Å². The number of fused-ring (bicyclic) bond motifs is 5. The van der Waals surface area contributed by atoms with Crippen molar-refractivity contribution in [3.05, 3.63) is 35.5 Å². The Hall–Kier alpha value is -2.01. The van der Waals surface area contributed by atoms with Gasteiger partial charge in [0.25, 0.3) is 0 Å². The zero-order valence-electron chi connectivity index (χ0n) is 18.6. The summed E-state index contributed by atoms with van der Waals surface area (Å²) in [4.78, 5) is 36.2. The number of hydrogen-bond donors (Lipinski definition) is 1. The van der Waals surface area contributed by atoms with Gasteiger partial charge in [-0.15, -0.1) is 0 Å². The van der Waals surface area contributed by atoms with Gasteiger partial charge in [-0.05, 0) is 49.2 Å². The highest BCUT2D eigenvalue weighted by molar-refractivity contribution is 6.01. The van der Waals surface area contributed by atoms with E-state index in [-0.39, 0.29) is 29.5 Å². The molecule has 5 nitrogen and oxygen atoms in total. The molecular formula is C25H32O5. The summed E-state index contributed by atoms with van der Waals surface area (Å²) < 4.78 is 4.98. The second-order valence-corrected chi connectivity index (χ2v) is 10.5. The van der Waals surface area contributed by atoms with Crippen LogP contribution in [0.5, 0.6) is 0 Å². The fourth-order valence-electron chi connectivity index (χ4n) is 7.31. The molecule has 30 heavy (non-hydrogen) atoms. The van der Waals surface area contributed by atoms with Crippen LogP contribution in [0, 0.1) is 27.6 Å². The topological polar surface area (TPSA) is 80.7 Å². The lowest BCUT2D eigenvalue weighted by atomic mass is 9.36. The minimum atomic E-state index is -0.629. The molecule has 0 amide bonds. The first-order chi connectivity index (χ1) is 13.9. The zero-order valence-corrected chi connectivity index (χ0v) is 18.6. The number of carbonyl (C=O) groups is 3. The Kier molecular flexibility index (Phi) is 4.59. The number of Topliss-reactive ketones (excluding diaryl/α,β-unsaturated/α-hetero) is 1. The molecule has 2 saturated carbocycles. The highest BCUT2D eigenvalue weighted by atomic mass is 16.5. The highest BCUT2D eigenvalue weighted by Gasteiger charge is 2.70. The summed E-state index contributed by atoms with van der Waals surface area (Å²) in [7, 11) is 0. The van der Waals surface area contributed by atoms with Crippen LogP contribution in [-0.2, 0) is 19.1 Å². The van der Waals surface area contributed by atoms with Crippen molar-refractivity contribution in [3.8, 4) is 0 Å². The van der Waals surface area contributed by atoms with Crippen LogP contribution in [0.1, 0.15) is 60.3 Å². The Bertz CT molecular complexity index is 926. The van der Waals surface area contributed by atoms with Crippen LogP contribution < -0.4 is 0 Å². The monoisotopic (exact) mass is 412 g/mol. The molecule has 1 N–H and O–H groups in total. The molecular weight excluding hydrogens is 380 g/mol. The summed E-state index contributed by atoms with van der Waals surface area (Å²) in [6.45, 7) is 9.71. The van der Waals surface area contributed by atoms with E-state index in [1.165, 1.54) is 6.92 Å². The summed E-state index contributed by atoms with van der Waals surface area (Å²) in [6.07, 6.45) is 9.71. The number of esters is 1. The number of ketones is 2. The number of ether oxygens (including phenoxy) is 1. The summed E-state index contributed by atoms with van der Waals surface area (Å²) in [5.41, 5.74) is 0.277. The van der Waals surface area contributed by atoms with E-state index < -0.39 is 28.3 Å². The van der Waals surface area contributed by atoms with Crippen LogP contribution >= 0.6 is 0 Å². The average Bonchev–Trinajstić information content (AvgIpc) is 2.93. The van der Waals surface area contributed by atoms with Crippen molar-refractivity contribution in [2.75, 3.05) is 6.61 Å². The van der Waals surface area contributed by atoms with Crippen LogP contribution in [0.15, 0.2) is 35.5 Å². The van der Waals surface area contributed by atoms with E-state index >= 15 is 0 Å². The molecule has 0 aliphatic heterocycles. The third kappa shape index (κ3) is 2.47. The summed E-state index contributed by atoms with van der Waals surface area (Å²) in [6, 6.07) is 0. The minimum absolute atomic E-state index is 0.0201. The van der Waals surface area contributed by atoms with Crippen LogP contribution in [0.2, 0.25) is 0 Å². The number of rotatable bonds is 3. The quantitative estimate of drug-likeness (QED) is 0.715. The predicted octanol–water partition coefficient (Wildman–Crippen LogP) is 3.71. The third-order valence-corrected chi connectivity index (χ3v) is 9.46. The fourth-order valence-corrected chi connectivity index (χ4v) is 7.31. The molecule has 0 saturated heterocycles. The van der Waals surface area contributed by atoms with Crippen molar-refractivity contribution in [2.24, 2.45) is 27.6 Å². The molecule has 4 rings (SSSR count). The van der Waals surface area contributed by atoms with Gasteiger partial charge in [-0.2, -0.15) is 0 Å². The molecule has 5 heteroatoms. The Balaban J connectivity index is 1.74. The maximum absolute atomic E-state index is 12.9. The Morgan fingerprint density at radius 3 is 2.60 bits per heavy atom. The molecule has 4 aliphatic rings. The van der Waals surface area contributed by atoms with E-state index in [9.17, 15) is 19.5 Å². The van der Waals surface area contributed by atoms with E-state index in [4.69, 9.17) is 4.74 Å². The number of allylic oxidation sites excluding steroid dienone is 5. The predicted molar refractivity (Wildman–Crippen MR) is 112 cm³/mol. The fraction of sp³-hybridized carbons (Fsp3) is 0.640. The maximum atomic E-state index is 12.9. The Morgan fingerprint density at radius 1 is 1.23 bits per heavy atom. The Labute approximate surface area is 178 Å². The van der Waals surface area contributed by atoms with Crippen molar-refractivity contribution in [2.45, 2.75) is 66.4 Å². The molecule has 6 atom stereocenters. The average molecular weight is 413 g/mol. The highest BCUT2D eigenvalue weighted by Crippen LogP contribution is 2.74. The lowest BCUT2D eigenvalue weighted by molar-refractivity contribution is -0.199. The van der Waals surface area contributed by atoms with Gasteiger partial charge in [0.05, 0.1) is 6.10 Å². The summed E-state index contributed by atoms with van der Waals surface area (Å²) in [5, 5.41) is 11.6.